The fourth-order valence-corrected chi connectivity index (χ4v) is 1.70. The minimum Gasteiger partial charge on any atom is -0.374 e. The van der Waals surface area contributed by atoms with Gasteiger partial charge in [-0.2, -0.15) is 0 Å². The van der Waals surface area contributed by atoms with Crippen molar-refractivity contribution in [2.24, 2.45) is 5.92 Å². The summed E-state index contributed by atoms with van der Waals surface area (Å²) < 4.78 is 5.49. The molecular formula is C11H22N2O2. The molecule has 0 spiro atoms. The van der Waals surface area contributed by atoms with E-state index in [1.54, 1.807) is 0 Å². The van der Waals surface area contributed by atoms with Gasteiger partial charge in [-0.3, -0.25) is 4.79 Å². The fraction of sp³-hybridized carbons (Fsp3) is 0.909. The lowest BCUT2D eigenvalue weighted by Gasteiger charge is -2.24. The average molecular weight is 214 g/mol. The summed E-state index contributed by atoms with van der Waals surface area (Å²) in [6.45, 7) is 7.18. The van der Waals surface area contributed by atoms with E-state index < -0.39 is 0 Å². The molecule has 1 aliphatic heterocycles. The normalized spacial score (nSPS) is 23.5. The van der Waals surface area contributed by atoms with E-state index >= 15 is 0 Å². The minimum absolute atomic E-state index is 0.117. The first-order chi connectivity index (χ1) is 7.24. The maximum atomic E-state index is 11.6. The largest absolute Gasteiger partial charge is 0.374 e. The van der Waals surface area contributed by atoms with Gasteiger partial charge < -0.3 is 15.4 Å². The van der Waals surface area contributed by atoms with Crippen LogP contribution < -0.4 is 10.6 Å². The van der Waals surface area contributed by atoms with Gasteiger partial charge in [0.2, 0.25) is 5.91 Å². The molecule has 0 aliphatic carbocycles. The van der Waals surface area contributed by atoms with Crippen LogP contribution in [0.4, 0.5) is 0 Å². The van der Waals surface area contributed by atoms with E-state index in [-0.39, 0.29) is 17.9 Å². The van der Waals surface area contributed by atoms with Crippen molar-refractivity contribution in [1.29, 1.82) is 0 Å². The Morgan fingerprint density at radius 3 is 3.07 bits per heavy atom. The predicted molar refractivity (Wildman–Crippen MR) is 59.7 cm³/mol. The Morgan fingerprint density at radius 1 is 1.67 bits per heavy atom. The van der Waals surface area contributed by atoms with E-state index in [0.29, 0.717) is 6.54 Å². The van der Waals surface area contributed by atoms with Gasteiger partial charge in [-0.05, 0) is 6.42 Å². The Morgan fingerprint density at radius 2 is 2.47 bits per heavy atom. The summed E-state index contributed by atoms with van der Waals surface area (Å²) in [4.78, 5) is 11.6. The topological polar surface area (TPSA) is 50.4 Å². The molecule has 1 aliphatic rings. The second-order valence-electron chi connectivity index (χ2n) is 4.13. The molecule has 0 saturated carbocycles. The number of hydrogen-bond donors (Lipinski definition) is 2. The number of nitrogens with one attached hydrogen (secondary N) is 2. The van der Waals surface area contributed by atoms with E-state index in [2.05, 4.69) is 17.6 Å². The lowest BCUT2D eigenvalue weighted by molar-refractivity contribution is -0.125. The molecule has 88 valence electrons. The van der Waals surface area contributed by atoms with Gasteiger partial charge in [-0.1, -0.05) is 20.3 Å². The summed E-state index contributed by atoms with van der Waals surface area (Å²) in [7, 11) is 0. The van der Waals surface area contributed by atoms with Crippen LogP contribution in [0.3, 0.4) is 0 Å². The van der Waals surface area contributed by atoms with Crippen molar-refractivity contribution in [1.82, 2.24) is 10.6 Å². The molecule has 1 saturated heterocycles. The van der Waals surface area contributed by atoms with Crippen molar-refractivity contribution in [3.05, 3.63) is 0 Å². The summed E-state index contributed by atoms with van der Waals surface area (Å²) in [5.74, 6) is 0.262. The van der Waals surface area contributed by atoms with E-state index in [1.165, 1.54) is 0 Å². The Hall–Kier alpha value is -0.610. The highest BCUT2D eigenvalue weighted by Crippen LogP contribution is 2.04. The van der Waals surface area contributed by atoms with Crippen LogP contribution in [0.5, 0.6) is 0 Å². The zero-order valence-corrected chi connectivity index (χ0v) is 9.71. The molecule has 15 heavy (non-hydrogen) atoms. The zero-order valence-electron chi connectivity index (χ0n) is 9.71. The Bertz CT molecular complexity index is 191. The van der Waals surface area contributed by atoms with Gasteiger partial charge in [0.05, 0.1) is 12.7 Å². The van der Waals surface area contributed by atoms with Crippen molar-refractivity contribution in [2.45, 2.75) is 32.8 Å². The first kappa shape index (κ1) is 12.5. The number of amides is 1. The Balaban J connectivity index is 2.14. The van der Waals surface area contributed by atoms with Crippen molar-refractivity contribution in [3.8, 4) is 0 Å². The second-order valence-corrected chi connectivity index (χ2v) is 4.13. The van der Waals surface area contributed by atoms with Crippen LogP contribution in [0, 0.1) is 5.92 Å². The summed E-state index contributed by atoms with van der Waals surface area (Å²) >= 11 is 0. The van der Waals surface area contributed by atoms with E-state index in [0.717, 1.165) is 32.5 Å². The predicted octanol–water partition coefficient (Wildman–Crippen LogP) is 0.527. The molecular weight excluding hydrogens is 192 g/mol. The highest BCUT2D eigenvalue weighted by atomic mass is 16.5. The van der Waals surface area contributed by atoms with Crippen LogP contribution in [0.25, 0.3) is 0 Å². The van der Waals surface area contributed by atoms with Gasteiger partial charge in [0.25, 0.3) is 0 Å². The molecule has 1 heterocycles. The number of ether oxygens (including phenoxy) is 1. The summed E-state index contributed by atoms with van der Waals surface area (Å²) in [5, 5.41) is 6.17. The minimum atomic E-state index is 0.117. The monoisotopic (exact) mass is 214 g/mol. The number of carbonyl (C=O) groups is 1. The maximum absolute atomic E-state index is 11.6. The molecule has 2 atom stereocenters. The number of carbonyl (C=O) groups excluding carboxylic acids is 1. The fourth-order valence-electron chi connectivity index (χ4n) is 1.70. The van der Waals surface area contributed by atoms with Crippen molar-refractivity contribution in [3.63, 3.8) is 0 Å². The lowest BCUT2D eigenvalue weighted by Crippen LogP contribution is -2.46. The molecule has 1 amide bonds. The van der Waals surface area contributed by atoms with Gasteiger partial charge in [-0.15, -0.1) is 0 Å². The first-order valence-corrected chi connectivity index (χ1v) is 5.84. The molecule has 2 unspecified atom stereocenters. The third-order valence-corrected chi connectivity index (χ3v) is 2.68. The van der Waals surface area contributed by atoms with Crippen LogP contribution in [-0.2, 0) is 9.53 Å². The van der Waals surface area contributed by atoms with Crippen molar-refractivity contribution < 1.29 is 9.53 Å². The molecule has 0 radical (unpaired) electrons. The van der Waals surface area contributed by atoms with Crippen LogP contribution in [0.1, 0.15) is 26.7 Å². The smallest absolute Gasteiger partial charge is 0.222 e. The summed E-state index contributed by atoms with van der Waals surface area (Å²) in [6, 6.07) is 0. The number of morpholine rings is 1. The van der Waals surface area contributed by atoms with Gasteiger partial charge in [-0.25, -0.2) is 0 Å². The SMILES string of the molecule is CCCC(C)C(=O)NCC1CNCCO1. The van der Waals surface area contributed by atoms with Gasteiger partial charge in [0.1, 0.15) is 0 Å². The summed E-state index contributed by atoms with van der Waals surface area (Å²) in [5.41, 5.74) is 0. The Kier molecular flexibility index (Phi) is 5.65. The molecule has 2 N–H and O–H groups in total. The average Bonchev–Trinajstić information content (AvgIpc) is 2.27. The third-order valence-electron chi connectivity index (χ3n) is 2.68. The molecule has 1 fully saturated rings. The molecule has 4 nitrogen and oxygen atoms in total. The summed E-state index contributed by atoms with van der Waals surface area (Å²) in [6.07, 6.45) is 2.14. The standard InChI is InChI=1S/C11H22N2O2/c1-3-4-9(2)11(14)13-8-10-7-12-5-6-15-10/h9-10,12H,3-8H2,1-2H3,(H,13,14). The van der Waals surface area contributed by atoms with Crippen LogP contribution >= 0.6 is 0 Å². The number of rotatable bonds is 5. The first-order valence-electron chi connectivity index (χ1n) is 5.84. The molecule has 0 bridgehead atoms. The van der Waals surface area contributed by atoms with Crippen LogP contribution in [-0.4, -0.2) is 38.3 Å². The van der Waals surface area contributed by atoms with Gasteiger partial charge >= 0.3 is 0 Å². The van der Waals surface area contributed by atoms with Crippen molar-refractivity contribution in [2.75, 3.05) is 26.2 Å². The molecule has 4 heteroatoms. The van der Waals surface area contributed by atoms with Crippen LogP contribution in [0.2, 0.25) is 0 Å². The quantitative estimate of drug-likeness (QED) is 0.702. The highest BCUT2D eigenvalue weighted by molar-refractivity contribution is 5.78. The molecule has 0 aromatic rings. The molecule has 1 rings (SSSR count). The number of hydrogen-bond acceptors (Lipinski definition) is 3. The second kappa shape index (κ2) is 6.80. The third kappa shape index (κ3) is 4.62. The van der Waals surface area contributed by atoms with E-state index in [4.69, 9.17) is 4.74 Å². The highest BCUT2D eigenvalue weighted by Gasteiger charge is 2.16. The maximum Gasteiger partial charge on any atom is 0.222 e. The Labute approximate surface area is 91.8 Å². The van der Waals surface area contributed by atoms with Crippen LogP contribution in [0.15, 0.2) is 0 Å². The van der Waals surface area contributed by atoms with E-state index in [1.807, 2.05) is 6.92 Å². The van der Waals surface area contributed by atoms with E-state index in [9.17, 15) is 4.79 Å². The van der Waals surface area contributed by atoms with Gasteiger partial charge in [0, 0.05) is 25.6 Å². The van der Waals surface area contributed by atoms with Gasteiger partial charge in [0.15, 0.2) is 0 Å². The molecule has 0 aromatic heterocycles. The lowest BCUT2D eigenvalue weighted by atomic mass is 10.1. The van der Waals surface area contributed by atoms with Crippen molar-refractivity contribution >= 4 is 5.91 Å². The molecule has 0 aromatic carbocycles. The zero-order chi connectivity index (χ0) is 11.1.